The third-order valence-electron chi connectivity index (χ3n) is 9.44. The van der Waals surface area contributed by atoms with E-state index in [1.165, 1.54) is 26.3 Å². The van der Waals surface area contributed by atoms with Crippen LogP contribution in [0.3, 0.4) is 0 Å². The summed E-state index contributed by atoms with van der Waals surface area (Å²) in [5.74, 6) is 0. The lowest BCUT2D eigenvalue weighted by molar-refractivity contribution is 1.18. The maximum Gasteiger partial charge on any atom is 0.180 e. The third-order valence-corrected chi connectivity index (χ3v) is 14.3. The van der Waals surface area contributed by atoms with Gasteiger partial charge < -0.3 is 4.57 Å². The SMILES string of the molecule is N#Cc1cc(-n2c3ccccc3c3ccccc32)ccc1-c1ccc([Si](c2ccccc2)(c2ccccc2)c2ccccc2)c(C#N)c1. The van der Waals surface area contributed by atoms with Gasteiger partial charge in [-0.05, 0) is 62.2 Å². The Hall–Kier alpha value is -6.46. The molecular formula is C44H29N3Si. The molecule has 0 aliphatic heterocycles. The molecule has 0 aliphatic rings. The average Bonchev–Trinajstić information content (AvgIpc) is 3.51. The quantitative estimate of drug-likeness (QED) is 0.141. The van der Waals surface area contributed by atoms with Gasteiger partial charge in [0.1, 0.15) is 0 Å². The van der Waals surface area contributed by atoms with Gasteiger partial charge in [-0.2, -0.15) is 10.5 Å². The minimum atomic E-state index is -2.90. The van der Waals surface area contributed by atoms with Crippen LogP contribution in [0.2, 0.25) is 0 Å². The van der Waals surface area contributed by atoms with Gasteiger partial charge in [-0.3, -0.25) is 0 Å². The smallest absolute Gasteiger partial charge is 0.180 e. The Kier molecular flexibility index (Phi) is 7.27. The van der Waals surface area contributed by atoms with Gasteiger partial charge in [0.15, 0.2) is 8.07 Å². The molecule has 3 nitrogen and oxygen atoms in total. The summed E-state index contributed by atoms with van der Waals surface area (Å²) in [6, 6.07) is 65.8. The van der Waals surface area contributed by atoms with Gasteiger partial charge in [0.25, 0.3) is 0 Å². The Balaban J connectivity index is 1.33. The molecule has 1 aromatic heterocycles. The first-order valence-electron chi connectivity index (χ1n) is 16.0. The van der Waals surface area contributed by atoms with Crippen LogP contribution in [0.4, 0.5) is 0 Å². The molecule has 8 rings (SSSR count). The van der Waals surface area contributed by atoms with Crippen molar-refractivity contribution in [3.8, 4) is 29.0 Å². The van der Waals surface area contributed by atoms with Gasteiger partial charge in [-0.1, -0.05) is 146 Å². The fourth-order valence-corrected chi connectivity index (χ4v) is 12.3. The van der Waals surface area contributed by atoms with Crippen LogP contribution in [0.5, 0.6) is 0 Å². The summed E-state index contributed by atoms with van der Waals surface area (Å²) in [6.07, 6.45) is 0. The van der Waals surface area contributed by atoms with Gasteiger partial charge in [-0.15, -0.1) is 0 Å². The number of rotatable bonds is 6. The van der Waals surface area contributed by atoms with Crippen molar-refractivity contribution in [1.82, 2.24) is 4.57 Å². The summed E-state index contributed by atoms with van der Waals surface area (Å²) < 4.78 is 2.22. The molecule has 0 unspecified atom stereocenters. The maximum absolute atomic E-state index is 10.8. The number of aromatic nitrogens is 1. The lowest BCUT2D eigenvalue weighted by Gasteiger charge is -2.35. The molecule has 0 saturated heterocycles. The lowest BCUT2D eigenvalue weighted by Crippen LogP contribution is -2.75. The van der Waals surface area contributed by atoms with Crippen LogP contribution < -0.4 is 20.7 Å². The number of fused-ring (bicyclic) bond motifs is 3. The highest BCUT2D eigenvalue weighted by Crippen LogP contribution is 2.34. The molecule has 0 aliphatic carbocycles. The van der Waals surface area contributed by atoms with Crippen LogP contribution in [0.25, 0.3) is 38.6 Å². The molecule has 224 valence electrons. The van der Waals surface area contributed by atoms with Crippen LogP contribution in [-0.2, 0) is 0 Å². The molecule has 0 bridgehead atoms. The fourth-order valence-electron chi connectivity index (χ4n) is 7.38. The molecular weight excluding hydrogens is 599 g/mol. The zero-order valence-electron chi connectivity index (χ0n) is 26.1. The fraction of sp³-hybridized carbons (Fsp3) is 0. The summed E-state index contributed by atoms with van der Waals surface area (Å²) in [5, 5.41) is 28.3. The minimum absolute atomic E-state index is 0.559. The molecule has 0 N–H and O–H groups in total. The summed E-state index contributed by atoms with van der Waals surface area (Å²) in [7, 11) is -2.90. The molecule has 1 heterocycles. The molecule has 48 heavy (non-hydrogen) atoms. The predicted molar refractivity (Wildman–Crippen MR) is 199 cm³/mol. The Bertz CT molecular complexity index is 2370. The molecule has 0 spiro atoms. The van der Waals surface area contributed by atoms with Crippen LogP contribution >= 0.6 is 0 Å². The Morgan fingerprint density at radius 2 is 0.917 bits per heavy atom. The Morgan fingerprint density at radius 3 is 1.42 bits per heavy atom. The van der Waals surface area contributed by atoms with Crippen molar-refractivity contribution in [1.29, 1.82) is 10.5 Å². The van der Waals surface area contributed by atoms with E-state index < -0.39 is 8.07 Å². The van der Waals surface area contributed by atoms with E-state index in [1.807, 2.05) is 48.5 Å². The molecule has 8 aromatic rings. The summed E-state index contributed by atoms with van der Waals surface area (Å²) >= 11 is 0. The Labute approximate surface area is 280 Å². The zero-order valence-corrected chi connectivity index (χ0v) is 27.1. The maximum atomic E-state index is 10.8. The van der Waals surface area contributed by atoms with Crippen molar-refractivity contribution in [2.45, 2.75) is 0 Å². The van der Waals surface area contributed by atoms with Crippen molar-refractivity contribution in [3.05, 3.63) is 187 Å². The van der Waals surface area contributed by atoms with E-state index >= 15 is 0 Å². The standard InChI is InChI=1S/C44H29N3Si/c45-30-33-29-35(47-42-22-12-10-20-40(42)41-21-11-13-23-43(41)47)25-26-39(33)32-24-27-44(34(28-32)31-46)48(36-14-4-1-5-15-36,37-16-6-2-7-17-37)38-18-8-3-9-19-38/h1-29H. The second kappa shape index (κ2) is 12.0. The molecule has 7 aromatic carbocycles. The topological polar surface area (TPSA) is 52.5 Å². The number of nitrogens with zero attached hydrogens (tertiary/aromatic N) is 3. The van der Waals surface area contributed by atoms with Gasteiger partial charge in [-0.25, -0.2) is 0 Å². The molecule has 0 fully saturated rings. The van der Waals surface area contributed by atoms with Crippen LogP contribution in [-0.4, -0.2) is 12.6 Å². The first kappa shape index (κ1) is 29.0. The van der Waals surface area contributed by atoms with Crippen molar-refractivity contribution < 1.29 is 0 Å². The van der Waals surface area contributed by atoms with E-state index in [0.29, 0.717) is 11.1 Å². The largest absolute Gasteiger partial charge is 0.309 e. The van der Waals surface area contributed by atoms with Crippen molar-refractivity contribution in [2.24, 2.45) is 0 Å². The average molecular weight is 628 g/mol. The minimum Gasteiger partial charge on any atom is -0.309 e. The summed E-state index contributed by atoms with van der Waals surface area (Å²) in [4.78, 5) is 0. The van der Waals surface area contributed by atoms with Gasteiger partial charge >= 0.3 is 0 Å². The van der Waals surface area contributed by atoms with Crippen molar-refractivity contribution >= 4 is 50.6 Å². The molecule has 0 amide bonds. The zero-order chi connectivity index (χ0) is 32.5. The first-order chi connectivity index (χ1) is 23.7. The van der Waals surface area contributed by atoms with E-state index in [1.54, 1.807) is 0 Å². The third kappa shape index (κ3) is 4.55. The molecule has 0 saturated carbocycles. The van der Waals surface area contributed by atoms with Crippen molar-refractivity contribution in [2.75, 3.05) is 0 Å². The number of hydrogen-bond donors (Lipinski definition) is 0. The first-order valence-corrected chi connectivity index (χ1v) is 18.0. The normalized spacial score (nSPS) is 11.3. The predicted octanol–water partition coefficient (Wildman–Crippen LogP) is 7.57. The molecule has 4 heteroatoms. The number of para-hydroxylation sites is 2. The van der Waals surface area contributed by atoms with E-state index in [-0.39, 0.29) is 0 Å². The summed E-state index contributed by atoms with van der Waals surface area (Å²) in [5.41, 5.74) is 5.93. The highest BCUT2D eigenvalue weighted by molar-refractivity contribution is 7.20. The van der Waals surface area contributed by atoms with Crippen molar-refractivity contribution in [3.63, 3.8) is 0 Å². The number of nitriles is 2. The highest BCUT2D eigenvalue weighted by Gasteiger charge is 2.43. The monoisotopic (exact) mass is 627 g/mol. The number of hydrogen-bond acceptors (Lipinski definition) is 2. The molecule has 0 atom stereocenters. The van der Waals surface area contributed by atoms with Gasteiger partial charge in [0, 0.05) is 16.5 Å². The molecule has 0 radical (unpaired) electrons. The Morgan fingerprint density at radius 1 is 0.438 bits per heavy atom. The van der Waals surface area contributed by atoms with E-state index in [4.69, 9.17) is 0 Å². The van der Waals surface area contributed by atoms with Crippen LogP contribution in [0.15, 0.2) is 176 Å². The van der Waals surface area contributed by atoms with Gasteiger partial charge in [0.2, 0.25) is 0 Å². The lowest BCUT2D eigenvalue weighted by atomic mass is 9.98. The van der Waals surface area contributed by atoms with E-state index in [0.717, 1.165) is 33.0 Å². The van der Waals surface area contributed by atoms with E-state index in [9.17, 15) is 10.5 Å². The highest BCUT2D eigenvalue weighted by atomic mass is 28.3. The number of benzene rings is 7. The van der Waals surface area contributed by atoms with Crippen LogP contribution in [0, 0.1) is 22.7 Å². The van der Waals surface area contributed by atoms with Gasteiger partial charge in [0.05, 0.1) is 34.3 Å². The van der Waals surface area contributed by atoms with Crippen LogP contribution in [0.1, 0.15) is 11.1 Å². The second-order valence-corrected chi connectivity index (χ2v) is 15.7. The second-order valence-electron chi connectivity index (χ2n) is 11.9. The van der Waals surface area contributed by atoms with E-state index in [2.05, 4.69) is 144 Å². The summed E-state index contributed by atoms with van der Waals surface area (Å²) in [6.45, 7) is 0.